The van der Waals surface area contributed by atoms with E-state index in [2.05, 4.69) is 5.32 Å². The van der Waals surface area contributed by atoms with E-state index < -0.39 is 46.5 Å². The number of amides is 1. The molecule has 1 aromatic heterocycles. The van der Waals surface area contributed by atoms with Crippen LogP contribution in [0.2, 0.25) is 0 Å². The number of rotatable bonds is 7. The Morgan fingerprint density at radius 1 is 1.26 bits per heavy atom. The molecule has 11 heteroatoms. The van der Waals surface area contributed by atoms with Crippen LogP contribution in [0.4, 0.5) is 24.5 Å². The third-order valence-corrected chi connectivity index (χ3v) is 3.32. The molecule has 27 heavy (non-hydrogen) atoms. The summed E-state index contributed by atoms with van der Waals surface area (Å²) in [5.74, 6) is -1.08. The number of ether oxygens (including phenoxy) is 1. The van der Waals surface area contributed by atoms with Crippen LogP contribution in [0, 0.1) is 10.1 Å². The zero-order valence-corrected chi connectivity index (χ0v) is 13.6. The minimum atomic E-state index is -4.77. The van der Waals surface area contributed by atoms with Gasteiger partial charge in [0.1, 0.15) is 11.4 Å². The van der Waals surface area contributed by atoms with Gasteiger partial charge < -0.3 is 14.5 Å². The SMILES string of the molecule is O=C(COC(=O)CCc1ccco1)Nc1ccc(C(F)(F)F)cc1[N+](=O)[O-]. The second-order valence-corrected chi connectivity index (χ2v) is 5.28. The number of benzene rings is 1. The Labute approximate surface area is 150 Å². The van der Waals surface area contributed by atoms with Gasteiger partial charge in [0.25, 0.3) is 11.6 Å². The monoisotopic (exact) mass is 386 g/mol. The molecule has 0 aliphatic rings. The van der Waals surface area contributed by atoms with E-state index in [1.807, 2.05) is 0 Å². The highest BCUT2D eigenvalue weighted by Gasteiger charge is 2.33. The maximum absolute atomic E-state index is 12.6. The number of nitro groups is 1. The van der Waals surface area contributed by atoms with E-state index in [0.717, 1.165) is 6.07 Å². The molecule has 0 spiro atoms. The average molecular weight is 386 g/mol. The van der Waals surface area contributed by atoms with Crippen molar-refractivity contribution in [2.75, 3.05) is 11.9 Å². The number of carbonyl (C=O) groups is 2. The second kappa shape index (κ2) is 8.34. The van der Waals surface area contributed by atoms with Crippen LogP contribution in [0.3, 0.4) is 0 Å². The quantitative estimate of drug-likeness (QED) is 0.444. The fraction of sp³-hybridized carbons (Fsp3) is 0.250. The van der Waals surface area contributed by atoms with Crippen molar-refractivity contribution in [2.24, 2.45) is 0 Å². The number of anilines is 1. The Morgan fingerprint density at radius 3 is 2.59 bits per heavy atom. The summed E-state index contributed by atoms with van der Waals surface area (Å²) < 4.78 is 47.6. The van der Waals surface area contributed by atoms with Gasteiger partial charge in [0.2, 0.25) is 0 Å². The number of nitro benzene ring substituents is 1. The molecular formula is C16H13F3N2O6. The molecule has 0 aliphatic carbocycles. The summed E-state index contributed by atoms with van der Waals surface area (Å²) in [5, 5.41) is 13.0. The maximum Gasteiger partial charge on any atom is 0.416 e. The number of hydrogen-bond donors (Lipinski definition) is 1. The van der Waals surface area contributed by atoms with E-state index in [1.54, 1.807) is 12.1 Å². The molecule has 0 bridgehead atoms. The number of halogens is 3. The third-order valence-electron chi connectivity index (χ3n) is 3.32. The molecule has 1 amide bonds. The van der Waals surface area contributed by atoms with Crippen LogP contribution >= 0.6 is 0 Å². The lowest BCUT2D eigenvalue weighted by Gasteiger charge is -2.10. The van der Waals surface area contributed by atoms with E-state index >= 15 is 0 Å². The zero-order chi connectivity index (χ0) is 20.0. The summed E-state index contributed by atoms with van der Waals surface area (Å²) in [6, 6.07) is 4.97. The first-order chi connectivity index (χ1) is 12.7. The van der Waals surface area contributed by atoms with Gasteiger partial charge in [-0.05, 0) is 24.3 Å². The number of nitrogens with zero attached hydrogens (tertiary/aromatic N) is 1. The Kier molecular flexibility index (Phi) is 6.16. The van der Waals surface area contributed by atoms with E-state index in [0.29, 0.717) is 17.9 Å². The molecule has 0 fully saturated rings. The molecule has 0 aliphatic heterocycles. The molecule has 0 saturated carbocycles. The summed E-state index contributed by atoms with van der Waals surface area (Å²) in [6.45, 7) is -0.741. The molecule has 1 N–H and O–H groups in total. The van der Waals surface area contributed by atoms with Crippen molar-refractivity contribution in [3.8, 4) is 0 Å². The molecule has 0 saturated heterocycles. The van der Waals surface area contributed by atoms with Crippen molar-refractivity contribution in [3.05, 3.63) is 58.0 Å². The highest BCUT2D eigenvalue weighted by molar-refractivity contribution is 5.94. The van der Waals surface area contributed by atoms with Crippen molar-refractivity contribution in [1.29, 1.82) is 0 Å². The van der Waals surface area contributed by atoms with Crippen LogP contribution in [0.5, 0.6) is 0 Å². The van der Waals surface area contributed by atoms with Gasteiger partial charge in [0, 0.05) is 12.5 Å². The number of nitrogens with one attached hydrogen (secondary N) is 1. The molecule has 0 radical (unpaired) electrons. The van der Waals surface area contributed by atoms with E-state index in [4.69, 9.17) is 9.15 Å². The van der Waals surface area contributed by atoms with Crippen molar-refractivity contribution >= 4 is 23.3 Å². The van der Waals surface area contributed by atoms with Crippen LogP contribution in [0.15, 0.2) is 41.0 Å². The topological polar surface area (TPSA) is 112 Å². The first kappa shape index (κ1) is 19.9. The lowest BCUT2D eigenvalue weighted by atomic mass is 10.1. The van der Waals surface area contributed by atoms with Crippen LogP contribution in [-0.2, 0) is 26.9 Å². The summed E-state index contributed by atoms with van der Waals surface area (Å²) in [6.07, 6.45) is -3.12. The smallest absolute Gasteiger partial charge is 0.416 e. The van der Waals surface area contributed by atoms with Crippen molar-refractivity contribution in [2.45, 2.75) is 19.0 Å². The zero-order valence-electron chi connectivity index (χ0n) is 13.6. The molecule has 0 atom stereocenters. The molecular weight excluding hydrogens is 373 g/mol. The van der Waals surface area contributed by atoms with Crippen LogP contribution < -0.4 is 5.32 Å². The lowest BCUT2D eigenvalue weighted by Crippen LogP contribution is -2.21. The van der Waals surface area contributed by atoms with Gasteiger partial charge in [0.15, 0.2) is 6.61 Å². The van der Waals surface area contributed by atoms with E-state index in [9.17, 15) is 32.9 Å². The van der Waals surface area contributed by atoms with Gasteiger partial charge in [-0.1, -0.05) is 0 Å². The largest absolute Gasteiger partial charge is 0.469 e. The predicted molar refractivity (Wildman–Crippen MR) is 84.7 cm³/mol. The molecule has 0 unspecified atom stereocenters. The first-order valence-corrected chi connectivity index (χ1v) is 7.50. The average Bonchev–Trinajstić information content (AvgIpc) is 3.10. The Bertz CT molecular complexity index is 833. The molecule has 144 valence electrons. The normalized spacial score (nSPS) is 11.1. The van der Waals surface area contributed by atoms with Gasteiger partial charge in [-0.3, -0.25) is 19.7 Å². The molecule has 2 aromatic rings. The fourth-order valence-corrected chi connectivity index (χ4v) is 2.05. The Hall–Kier alpha value is -3.37. The number of aryl methyl sites for hydroxylation is 1. The number of hydrogen-bond acceptors (Lipinski definition) is 6. The van der Waals surface area contributed by atoms with Crippen molar-refractivity contribution < 1.29 is 36.8 Å². The van der Waals surface area contributed by atoms with Gasteiger partial charge >= 0.3 is 12.1 Å². The number of alkyl halides is 3. The molecule has 1 heterocycles. The van der Waals surface area contributed by atoms with Crippen molar-refractivity contribution in [3.63, 3.8) is 0 Å². The summed E-state index contributed by atoms with van der Waals surface area (Å²) >= 11 is 0. The maximum atomic E-state index is 12.6. The highest BCUT2D eigenvalue weighted by Crippen LogP contribution is 2.34. The van der Waals surface area contributed by atoms with Gasteiger partial charge in [-0.15, -0.1) is 0 Å². The van der Waals surface area contributed by atoms with E-state index in [1.165, 1.54) is 6.26 Å². The number of furan rings is 1. The summed E-state index contributed by atoms with van der Waals surface area (Å²) in [7, 11) is 0. The van der Waals surface area contributed by atoms with Crippen molar-refractivity contribution in [1.82, 2.24) is 0 Å². The lowest BCUT2D eigenvalue weighted by molar-refractivity contribution is -0.384. The summed E-state index contributed by atoms with van der Waals surface area (Å²) in [4.78, 5) is 33.2. The van der Waals surface area contributed by atoms with Gasteiger partial charge in [-0.2, -0.15) is 13.2 Å². The highest BCUT2D eigenvalue weighted by atomic mass is 19.4. The van der Waals surface area contributed by atoms with Gasteiger partial charge in [0.05, 0.1) is 23.2 Å². The molecule has 2 rings (SSSR count). The standard InChI is InChI=1S/C16H13F3N2O6/c17-16(18,19)10-3-5-12(13(8-10)21(24)25)20-14(22)9-27-15(23)6-4-11-2-1-7-26-11/h1-3,5,7-8H,4,6,9H2,(H,20,22). The number of carbonyl (C=O) groups excluding carboxylic acids is 2. The molecule has 8 nitrogen and oxygen atoms in total. The van der Waals surface area contributed by atoms with Crippen LogP contribution in [-0.4, -0.2) is 23.4 Å². The summed E-state index contributed by atoms with van der Waals surface area (Å²) in [5.41, 5.74) is -2.59. The Morgan fingerprint density at radius 2 is 2.00 bits per heavy atom. The van der Waals surface area contributed by atoms with Crippen LogP contribution in [0.1, 0.15) is 17.7 Å². The fourth-order valence-electron chi connectivity index (χ4n) is 2.05. The van der Waals surface area contributed by atoms with Crippen LogP contribution in [0.25, 0.3) is 0 Å². The van der Waals surface area contributed by atoms with Gasteiger partial charge in [-0.25, -0.2) is 0 Å². The first-order valence-electron chi connectivity index (χ1n) is 7.50. The third kappa shape index (κ3) is 5.83. The van der Waals surface area contributed by atoms with E-state index in [-0.39, 0.29) is 12.8 Å². The second-order valence-electron chi connectivity index (χ2n) is 5.28. The number of esters is 1. The minimum absolute atomic E-state index is 0.0543. The molecule has 1 aromatic carbocycles. The Balaban J connectivity index is 1.92. The predicted octanol–water partition coefficient (Wildman–Crippen LogP) is 3.32. The minimum Gasteiger partial charge on any atom is -0.469 e.